The van der Waals surface area contributed by atoms with Crippen molar-refractivity contribution in [3.05, 3.63) is 36.5 Å². The molecule has 11 nitrogen and oxygen atoms in total. The monoisotopic (exact) mass is 842 g/mol. The lowest BCUT2D eigenvalue weighted by Gasteiger charge is -2.20. The highest BCUT2D eigenvalue weighted by Crippen LogP contribution is 2.43. The second kappa shape index (κ2) is 41.4. The Morgan fingerprint density at radius 2 is 0.966 bits per heavy atom. The van der Waals surface area contributed by atoms with Gasteiger partial charge >= 0.3 is 25.7 Å². The predicted octanol–water partition coefficient (Wildman–Crippen LogP) is 12.4. The van der Waals surface area contributed by atoms with E-state index in [4.69, 9.17) is 24.8 Å². The number of aliphatic carboxylic acids is 1. The zero-order chi connectivity index (χ0) is 42.8. The second-order valence-electron chi connectivity index (χ2n) is 15.6. The van der Waals surface area contributed by atoms with Gasteiger partial charge in [-0.05, 0) is 32.1 Å². The quantitative estimate of drug-likeness (QED) is 0.0231. The average molecular weight is 842 g/mol. The Kier molecular flexibility index (Phi) is 39.8. The molecule has 4 N–H and O–H groups in total. The molecular formula is C46H84NO10P. The van der Waals surface area contributed by atoms with Crippen LogP contribution in [0.1, 0.15) is 206 Å². The van der Waals surface area contributed by atoms with Crippen molar-refractivity contribution in [3.8, 4) is 0 Å². The van der Waals surface area contributed by atoms with Gasteiger partial charge in [0.1, 0.15) is 12.6 Å². The first-order valence-electron chi connectivity index (χ1n) is 23.0. The van der Waals surface area contributed by atoms with Crippen molar-refractivity contribution < 1.29 is 47.5 Å². The molecule has 0 aromatic carbocycles. The van der Waals surface area contributed by atoms with Crippen LogP contribution < -0.4 is 5.73 Å². The number of hydrogen-bond donors (Lipinski definition) is 3. The summed E-state index contributed by atoms with van der Waals surface area (Å²) in [5.74, 6) is -2.40. The number of hydrogen-bond acceptors (Lipinski definition) is 9. The highest BCUT2D eigenvalue weighted by molar-refractivity contribution is 7.47. The lowest BCUT2D eigenvalue weighted by atomic mass is 10.0. The van der Waals surface area contributed by atoms with Gasteiger partial charge in [-0.1, -0.05) is 198 Å². The van der Waals surface area contributed by atoms with Crippen LogP contribution in [0.4, 0.5) is 0 Å². The molecule has 0 saturated carbocycles. The van der Waals surface area contributed by atoms with Gasteiger partial charge in [-0.15, -0.1) is 0 Å². The molecule has 0 aromatic heterocycles. The summed E-state index contributed by atoms with van der Waals surface area (Å²) in [5.41, 5.74) is 5.33. The number of phosphoric ester groups is 1. The number of carboxylic acid groups (broad SMARTS) is 1. The zero-order valence-corrected chi connectivity index (χ0v) is 37.5. The number of ether oxygens (including phenoxy) is 2. The molecule has 58 heavy (non-hydrogen) atoms. The van der Waals surface area contributed by atoms with Crippen LogP contribution in [0.25, 0.3) is 0 Å². The molecule has 0 aliphatic carbocycles. The van der Waals surface area contributed by atoms with Crippen molar-refractivity contribution in [2.24, 2.45) is 5.73 Å². The normalized spacial score (nSPS) is 14.0. The van der Waals surface area contributed by atoms with E-state index in [1.807, 2.05) is 24.3 Å². The summed E-state index contributed by atoms with van der Waals surface area (Å²) in [6.07, 6.45) is 45.1. The number of carbonyl (C=O) groups excluding carboxylic acids is 2. The first-order chi connectivity index (χ1) is 28.1. The van der Waals surface area contributed by atoms with E-state index in [2.05, 4.69) is 30.5 Å². The number of esters is 2. The fraction of sp³-hybridized carbons (Fsp3) is 0.804. The summed E-state index contributed by atoms with van der Waals surface area (Å²) in [4.78, 5) is 46.0. The molecule has 0 aliphatic heterocycles. The molecule has 0 rings (SSSR count). The summed E-state index contributed by atoms with van der Waals surface area (Å²) < 4.78 is 32.7. The van der Waals surface area contributed by atoms with Crippen LogP contribution in [-0.4, -0.2) is 59.9 Å². The third-order valence-corrected chi connectivity index (χ3v) is 10.9. The first kappa shape index (κ1) is 55.7. The number of carbonyl (C=O) groups is 3. The van der Waals surface area contributed by atoms with Crippen molar-refractivity contribution in [1.29, 1.82) is 0 Å². The topological polar surface area (TPSA) is 172 Å². The fourth-order valence-electron chi connectivity index (χ4n) is 6.36. The molecule has 12 heteroatoms. The predicted molar refractivity (Wildman–Crippen MR) is 235 cm³/mol. The molecule has 0 saturated heterocycles. The van der Waals surface area contributed by atoms with Crippen LogP contribution in [0.5, 0.6) is 0 Å². The molecule has 0 bridgehead atoms. The van der Waals surface area contributed by atoms with E-state index < -0.39 is 51.1 Å². The van der Waals surface area contributed by atoms with Gasteiger partial charge in [0.25, 0.3) is 0 Å². The number of phosphoric acid groups is 1. The largest absolute Gasteiger partial charge is 0.480 e. The van der Waals surface area contributed by atoms with Crippen LogP contribution in [0.15, 0.2) is 36.5 Å². The Bertz CT molecular complexity index is 1130. The summed E-state index contributed by atoms with van der Waals surface area (Å²) in [6, 6.07) is -1.52. The molecular weight excluding hydrogens is 757 g/mol. The Morgan fingerprint density at radius 1 is 0.552 bits per heavy atom. The maximum atomic E-state index is 12.6. The van der Waals surface area contributed by atoms with Gasteiger partial charge in [-0.2, -0.15) is 0 Å². The Balaban J connectivity index is 4.24. The third kappa shape index (κ3) is 40.5. The second-order valence-corrected chi connectivity index (χ2v) is 17.0. The summed E-state index contributed by atoms with van der Waals surface area (Å²) in [7, 11) is -4.72. The number of carboxylic acids is 1. The van der Waals surface area contributed by atoms with E-state index in [9.17, 15) is 23.8 Å². The smallest absolute Gasteiger partial charge is 0.472 e. The van der Waals surface area contributed by atoms with E-state index in [-0.39, 0.29) is 19.4 Å². The summed E-state index contributed by atoms with van der Waals surface area (Å²) in [5, 5.41) is 8.89. The molecule has 0 aliphatic rings. The zero-order valence-electron chi connectivity index (χ0n) is 36.6. The first-order valence-corrected chi connectivity index (χ1v) is 24.5. The molecule has 0 fully saturated rings. The van der Waals surface area contributed by atoms with Crippen LogP contribution in [0, 0.1) is 0 Å². The van der Waals surface area contributed by atoms with E-state index >= 15 is 0 Å². The molecule has 0 radical (unpaired) electrons. The average Bonchev–Trinajstić information content (AvgIpc) is 3.20. The SMILES string of the molecule is CC/C=C/C=C/C=C/CCCCCCCC(=O)OC(COC(=O)CCCCCCCCCCCCCCCCCCCCCCC)COP(=O)(O)OC[C@H](N)C(=O)O. The fourth-order valence-corrected chi connectivity index (χ4v) is 7.14. The number of nitrogens with two attached hydrogens (primary N) is 1. The van der Waals surface area contributed by atoms with Crippen molar-refractivity contribution in [2.75, 3.05) is 19.8 Å². The van der Waals surface area contributed by atoms with E-state index in [1.54, 1.807) is 0 Å². The van der Waals surface area contributed by atoms with Gasteiger partial charge < -0.3 is 25.2 Å². The van der Waals surface area contributed by atoms with Gasteiger partial charge in [-0.3, -0.25) is 23.4 Å². The lowest BCUT2D eigenvalue weighted by Crippen LogP contribution is -2.34. The Labute approximate surface area is 353 Å². The van der Waals surface area contributed by atoms with Crippen molar-refractivity contribution in [3.63, 3.8) is 0 Å². The number of unbranched alkanes of at least 4 members (excludes halogenated alkanes) is 25. The van der Waals surface area contributed by atoms with Crippen molar-refractivity contribution in [1.82, 2.24) is 0 Å². The number of rotatable bonds is 43. The van der Waals surface area contributed by atoms with Gasteiger partial charge in [0.15, 0.2) is 6.10 Å². The summed E-state index contributed by atoms with van der Waals surface area (Å²) in [6.45, 7) is 2.67. The highest BCUT2D eigenvalue weighted by Gasteiger charge is 2.28. The van der Waals surface area contributed by atoms with Gasteiger partial charge in [0.05, 0.1) is 13.2 Å². The Morgan fingerprint density at radius 3 is 1.43 bits per heavy atom. The Hall–Kier alpha value is -2.30. The molecule has 0 spiro atoms. The highest BCUT2D eigenvalue weighted by atomic mass is 31.2. The van der Waals surface area contributed by atoms with Crippen molar-refractivity contribution in [2.45, 2.75) is 219 Å². The van der Waals surface area contributed by atoms with E-state index in [1.165, 1.54) is 109 Å². The summed E-state index contributed by atoms with van der Waals surface area (Å²) >= 11 is 0. The van der Waals surface area contributed by atoms with Gasteiger partial charge in [0, 0.05) is 12.8 Å². The lowest BCUT2D eigenvalue weighted by molar-refractivity contribution is -0.161. The van der Waals surface area contributed by atoms with Crippen LogP contribution in [0.3, 0.4) is 0 Å². The maximum absolute atomic E-state index is 12.6. The van der Waals surface area contributed by atoms with Crippen molar-refractivity contribution >= 4 is 25.7 Å². The molecule has 0 aromatic rings. The van der Waals surface area contributed by atoms with Gasteiger partial charge in [0.2, 0.25) is 0 Å². The molecule has 3 atom stereocenters. The molecule has 0 heterocycles. The van der Waals surface area contributed by atoms with E-state index in [0.29, 0.717) is 12.8 Å². The van der Waals surface area contributed by atoms with E-state index in [0.717, 1.165) is 57.8 Å². The third-order valence-electron chi connectivity index (χ3n) is 9.96. The minimum absolute atomic E-state index is 0.139. The van der Waals surface area contributed by atoms with Gasteiger partial charge in [-0.25, -0.2) is 4.57 Å². The van der Waals surface area contributed by atoms with Crippen LogP contribution in [0.2, 0.25) is 0 Å². The van der Waals surface area contributed by atoms with Crippen LogP contribution in [-0.2, 0) is 37.5 Å². The number of allylic oxidation sites excluding steroid dienone is 6. The molecule has 338 valence electrons. The van der Waals surface area contributed by atoms with Crippen LogP contribution >= 0.6 is 7.82 Å². The maximum Gasteiger partial charge on any atom is 0.472 e. The minimum Gasteiger partial charge on any atom is -0.480 e. The molecule has 0 amide bonds. The molecule has 2 unspecified atom stereocenters. The standard InChI is InChI=1S/C46H84NO10P/c1-3-5-7-9-11-13-15-17-18-19-20-21-22-23-24-26-27-29-31-33-35-37-44(48)54-39-42(40-55-58(52,53)56-41-43(47)46(50)51)57-45(49)38-36-34-32-30-28-25-16-14-12-10-8-6-4-2/h6,8,10,12,14,16,42-43H,3-5,7,9,11,13,15,17-41,47H2,1-2H3,(H,50,51)(H,52,53)/b8-6+,12-10+,16-14+/t42?,43-/m0/s1. The minimum atomic E-state index is -4.72.